The number of piperazine rings is 1. The van der Waals surface area contributed by atoms with Gasteiger partial charge in [0.25, 0.3) is 11.8 Å². The lowest BCUT2D eigenvalue weighted by Crippen LogP contribution is -2.58. The number of benzene rings is 3. The highest BCUT2D eigenvalue weighted by molar-refractivity contribution is 7.13. The molecule has 3 aromatic carbocycles. The van der Waals surface area contributed by atoms with Crippen molar-refractivity contribution in [1.82, 2.24) is 40.5 Å². The van der Waals surface area contributed by atoms with Crippen LogP contribution < -0.4 is 26.4 Å². The van der Waals surface area contributed by atoms with Crippen molar-refractivity contribution in [3.05, 3.63) is 116 Å². The van der Waals surface area contributed by atoms with Crippen molar-refractivity contribution < 1.29 is 52.4 Å². The van der Waals surface area contributed by atoms with Crippen molar-refractivity contribution in [3.63, 3.8) is 0 Å². The minimum Gasteiger partial charge on any atom is -0.489 e. The summed E-state index contributed by atoms with van der Waals surface area (Å²) in [7, 11) is 0. The maximum Gasteiger partial charge on any atom is 0.276 e. The molecule has 4 heterocycles. The van der Waals surface area contributed by atoms with Crippen LogP contribution in [0.3, 0.4) is 0 Å². The number of carbonyl (C=O) groups excluding carboxylic acids is 5. The molecule has 5 atom stereocenters. The molecule has 2 aliphatic rings. The fourth-order valence-corrected chi connectivity index (χ4v) is 11.1. The van der Waals surface area contributed by atoms with E-state index in [4.69, 9.17) is 47.9 Å². The summed E-state index contributed by atoms with van der Waals surface area (Å²) in [5, 5.41) is 27.0. The summed E-state index contributed by atoms with van der Waals surface area (Å²) in [4.78, 5) is 78.3. The number of anilines is 2. The van der Waals surface area contributed by atoms with Crippen molar-refractivity contribution in [2.45, 2.75) is 104 Å². The van der Waals surface area contributed by atoms with Crippen LogP contribution in [0.1, 0.15) is 91.5 Å². The summed E-state index contributed by atoms with van der Waals surface area (Å²) in [6.07, 6.45) is 0.192. The highest BCUT2D eigenvalue weighted by Gasteiger charge is 2.44. The first-order chi connectivity index (χ1) is 39.2. The van der Waals surface area contributed by atoms with Gasteiger partial charge in [-0.1, -0.05) is 68.2 Å². The summed E-state index contributed by atoms with van der Waals surface area (Å²) < 4.78 is 36.8. The van der Waals surface area contributed by atoms with Crippen molar-refractivity contribution >= 4 is 75.6 Å². The molecule has 5 amide bonds. The fourth-order valence-electron chi connectivity index (χ4n) is 9.78. The molecule has 5 aromatic rings. The van der Waals surface area contributed by atoms with Gasteiger partial charge >= 0.3 is 0 Å². The van der Waals surface area contributed by atoms with E-state index >= 15 is 0 Å². The predicted molar refractivity (Wildman–Crippen MR) is 311 cm³/mol. The van der Waals surface area contributed by atoms with E-state index in [9.17, 15) is 33.5 Å². The number of carbonyl (C=O) groups is 5. The Bertz CT molecular complexity index is 2980. The van der Waals surface area contributed by atoms with Crippen LogP contribution in [-0.2, 0) is 41.6 Å². The second-order valence-electron chi connectivity index (χ2n) is 21.5. The molecule has 0 saturated carbocycles. The van der Waals surface area contributed by atoms with E-state index in [1.807, 2.05) is 62.4 Å². The van der Waals surface area contributed by atoms with Crippen LogP contribution in [0.25, 0.3) is 10.4 Å². The monoisotopic (exact) mass is 1190 g/mol. The van der Waals surface area contributed by atoms with Gasteiger partial charge in [-0.15, -0.1) is 21.5 Å². The number of amides is 5. The van der Waals surface area contributed by atoms with Crippen LogP contribution in [-0.4, -0.2) is 167 Å². The van der Waals surface area contributed by atoms with Gasteiger partial charge in [0.15, 0.2) is 17.3 Å². The Kier molecular flexibility index (Phi) is 22.9. The first-order valence-corrected chi connectivity index (χ1v) is 28.9. The van der Waals surface area contributed by atoms with Crippen LogP contribution in [0.15, 0.2) is 72.2 Å². The van der Waals surface area contributed by atoms with E-state index in [1.54, 1.807) is 35.6 Å². The Morgan fingerprint density at radius 3 is 2.21 bits per heavy atom. The van der Waals surface area contributed by atoms with Crippen molar-refractivity contribution in [3.8, 4) is 16.2 Å². The number of hydrogen-bond donors (Lipinski definition) is 5. The maximum absolute atomic E-state index is 14.0. The first-order valence-electron chi connectivity index (χ1n) is 27.3. The topological polar surface area (TPSA) is 253 Å². The number of nitrogens with zero attached hydrogens (tertiary/aromatic N) is 6. The van der Waals surface area contributed by atoms with E-state index < -0.39 is 41.2 Å². The number of aliphatic hydroxyl groups excluding tert-OH is 1. The second-order valence-corrected chi connectivity index (χ2v) is 23.1. The third-order valence-electron chi connectivity index (χ3n) is 14.2. The molecule has 7 rings (SSSR count). The average molecular weight is 1190 g/mol. The third kappa shape index (κ3) is 17.3. The summed E-state index contributed by atoms with van der Waals surface area (Å²) in [5.74, 6) is -2.42. The van der Waals surface area contributed by atoms with Crippen LogP contribution >= 0.6 is 34.5 Å². The van der Waals surface area contributed by atoms with Gasteiger partial charge in [0, 0.05) is 93.0 Å². The molecule has 0 radical (unpaired) electrons. The zero-order valence-electron chi connectivity index (χ0n) is 47.1. The number of nitrogens with two attached hydrogens (primary N) is 1. The molecule has 2 saturated heterocycles. The Hall–Kier alpha value is -6.37. The number of hydrogen-bond acceptors (Lipinski definition) is 16. The van der Waals surface area contributed by atoms with Crippen LogP contribution in [0.5, 0.6) is 5.75 Å². The Balaban J connectivity index is 0.732. The summed E-state index contributed by atoms with van der Waals surface area (Å²) >= 11 is 13.8. The van der Waals surface area contributed by atoms with Gasteiger partial charge in [0.05, 0.1) is 66.8 Å². The third-order valence-corrected chi connectivity index (χ3v) is 15.9. The predicted octanol–water partition coefficient (Wildman–Crippen LogP) is 6.98. The standard InChI is InChI=1S/C58H73Cl2FN10O10S/c1-35-31-69(56(76)40-12-14-41(15-13-40)65-54(74)46-29-48(53(62)68-67-46)81-23-18-43-44(59)16-17-45(61)50(43)60)32-36(2)70(35)20-7-21-78-24-26-80-27-25-79-22-19-49(73)66-52(58(4,5)6)57(77)71-33-42(72)28-47(71)55(75)63-30-38-8-10-39(11-9-38)51-37(3)64-34-82-51/h8-17,29,34-36,42,47,52,72H,7,18-28,30-33H2,1-6H3,(H2,62,68)(H,63,75)(H,65,74)(H,66,73)/t35-,36+,42-,47+,52-/m1/s1. The average Bonchev–Trinajstić information content (AvgIpc) is 4.14. The number of rotatable bonds is 26. The lowest BCUT2D eigenvalue weighted by atomic mass is 9.85. The lowest BCUT2D eigenvalue weighted by molar-refractivity contribution is -0.144. The first kappa shape index (κ1) is 63.2. The molecule has 6 N–H and O–H groups in total. The number of aromatic nitrogens is 3. The molecule has 2 aromatic heterocycles. The van der Waals surface area contributed by atoms with Crippen LogP contribution in [0.2, 0.25) is 10.0 Å². The van der Waals surface area contributed by atoms with Gasteiger partial charge in [-0.05, 0) is 85.7 Å². The van der Waals surface area contributed by atoms with Gasteiger partial charge in [-0.3, -0.25) is 28.9 Å². The van der Waals surface area contributed by atoms with Gasteiger partial charge < -0.3 is 55.5 Å². The second kappa shape index (κ2) is 29.7. The molecule has 442 valence electrons. The SMILES string of the molecule is Cc1ncsc1-c1ccc(CNC(=O)[C@@H]2C[C@@H](O)CN2C(=O)[C@@H](NC(=O)CCOCCOCCOCCCN2[C@H](C)CN(C(=O)c3ccc(NC(=O)c4cc(OCCc5c(Cl)ccc(F)c5Cl)c(N)nn4)cc3)C[C@@H]2C)C(C)(C)C)cc1. The summed E-state index contributed by atoms with van der Waals surface area (Å²) in [6.45, 7) is 15.8. The number of nitrogen functional groups attached to an aromatic ring is 1. The highest BCUT2D eigenvalue weighted by Crippen LogP contribution is 2.31. The Labute approximate surface area is 491 Å². The summed E-state index contributed by atoms with van der Waals surface area (Å²) in [5.41, 5.74) is 11.2. The van der Waals surface area contributed by atoms with Gasteiger partial charge in [-0.2, -0.15) is 0 Å². The zero-order valence-corrected chi connectivity index (χ0v) is 49.4. The molecule has 0 bridgehead atoms. The number of nitrogens with one attached hydrogen (secondary N) is 3. The molecular formula is C58H73Cl2FN10O10S. The van der Waals surface area contributed by atoms with Crippen LogP contribution in [0, 0.1) is 18.2 Å². The number of aryl methyl sites for hydroxylation is 1. The van der Waals surface area contributed by atoms with Gasteiger partial charge in [0.2, 0.25) is 17.7 Å². The summed E-state index contributed by atoms with van der Waals surface area (Å²) in [6, 6.07) is 16.8. The van der Waals surface area contributed by atoms with Crippen molar-refractivity contribution in [1.29, 1.82) is 0 Å². The number of halogens is 3. The molecule has 82 heavy (non-hydrogen) atoms. The molecule has 2 fully saturated rings. The fraction of sp³-hybridized carbons (Fsp3) is 0.483. The van der Waals surface area contributed by atoms with Gasteiger partial charge in [-0.25, -0.2) is 9.37 Å². The number of aliphatic hydroxyl groups is 1. The zero-order chi connectivity index (χ0) is 59.1. The number of ether oxygens (including phenoxy) is 4. The molecule has 0 unspecified atom stereocenters. The number of likely N-dealkylation sites (tertiary alicyclic amines) is 1. The maximum atomic E-state index is 14.0. The molecule has 2 aliphatic heterocycles. The van der Waals surface area contributed by atoms with Crippen molar-refractivity contribution in [2.75, 3.05) is 83.5 Å². The number of thiazole rings is 1. The van der Waals surface area contributed by atoms with Crippen molar-refractivity contribution in [2.24, 2.45) is 5.41 Å². The molecular weight excluding hydrogens is 1120 g/mol. The van der Waals surface area contributed by atoms with E-state index in [-0.39, 0.29) is 109 Å². The highest BCUT2D eigenvalue weighted by atomic mass is 35.5. The lowest BCUT2D eigenvalue weighted by Gasteiger charge is -2.44. The molecule has 24 heteroatoms. The van der Waals surface area contributed by atoms with E-state index in [2.05, 4.69) is 49.9 Å². The molecule has 0 spiro atoms. The molecule has 0 aliphatic carbocycles. The minimum atomic E-state index is -0.946. The quantitative estimate of drug-likeness (QED) is 0.0277. The molecule has 20 nitrogen and oxygen atoms in total. The number of β-amino-alcohol motifs (C(OH)–C–C–N with tert-alkyl or cyclic N) is 1. The Morgan fingerprint density at radius 2 is 1.55 bits per heavy atom. The van der Waals surface area contributed by atoms with Crippen LogP contribution in [0.4, 0.5) is 15.9 Å². The smallest absolute Gasteiger partial charge is 0.276 e. The van der Waals surface area contributed by atoms with E-state index in [0.717, 1.165) is 34.7 Å². The van der Waals surface area contributed by atoms with Gasteiger partial charge in [0.1, 0.15) is 17.9 Å². The van der Waals surface area contributed by atoms with E-state index in [1.165, 1.54) is 23.1 Å². The normalized spacial score (nSPS) is 17.8. The Morgan fingerprint density at radius 1 is 0.878 bits per heavy atom. The largest absolute Gasteiger partial charge is 0.489 e. The minimum absolute atomic E-state index is 0.0121. The van der Waals surface area contributed by atoms with E-state index in [0.29, 0.717) is 56.3 Å².